The molecule has 0 unspecified atom stereocenters. The second-order valence-corrected chi connectivity index (χ2v) is 10.7. The van der Waals surface area contributed by atoms with Gasteiger partial charge in [-0.1, -0.05) is 18.7 Å². The molecule has 0 aliphatic carbocycles. The lowest BCUT2D eigenvalue weighted by molar-refractivity contribution is -0.111. The summed E-state index contributed by atoms with van der Waals surface area (Å²) in [5.41, 5.74) is 5.10. The number of hydrogen-bond acceptors (Lipinski definition) is 8. The lowest BCUT2D eigenvalue weighted by Crippen LogP contribution is -2.44. The van der Waals surface area contributed by atoms with Crippen LogP contribution in [0.5, 0.6) is 5.75 Å². The van der Waals surface area contributed by atoms with Gasteiger partial charge in [0.05, 0.1) is 41.6 Å². The summed E-state index contributed by atoms with van der Waals surface area (Å²) < 4.78 is 7.67. The fraction of sp³-hybridized carbons (Fsp3) is 0.355. The molecule has 2 saturated heterocycles. The van der Waals surface area contributed by atoms with Crippen molar-refractivity contribution in [1.29, 1.82) is 0 Å². The minimum absolute atomic E-state index is 0.260. The maximum atomic E-state index is 12.4. The van der Waals surface area contributed by atoms with Gasteiger partial charge >= 0.3 is 0 Å². The molecule has 212 valence electrons. The van der Waals surface area contributed by atoms with E-state index < -0.39 is 0 Å². The van der Waals surface area contributed by atoms with E-state index in [2.05, 4.69) is 48.1 Å². The zero-order valence-corrected chi connectivity index (χ0v) is 23.6. The van der Waals surface area contributed by atoms with Crippen LogP contribution in [0.1, 0.15) is 25.7 Å². The lowest BCUT2D eigenvalue weighted by Gasteiger charge is -2.38. The molecule has 41 heavy (non-hydrogen) atoms. The summed E-state index contributed by atoms with van der Waals surface area (Å²) in [6, 6.07) is 12.6. The van der Waals surface area contributed by atoms with Crippen LogP contribution >= 0.6 is 0 Å². The number of methoxy groups -OCH3 is 1. The van der Waals surface area contributed by atoms with Gasteiger partial charge in [0.15, 0.2) is 0 Å². The van der Waals surface area contributed by atoms with Gasteiger partial charge in [0.1, 0.15) is 17.9 Å². The monoisotopic (exact) mass is 552 g/mol. The molecule has 6 rings (SSSR count). The van der Waals surface area contributed by atoms with Crippen molar-refractivity contribution >= 4 is 39.7 Å². The van der Waals surface area contributed by atoms with E-state index in [4.69, 9.17) is 4.74 Å². The number of nitrogens with one attached hydrogen (secondary N) is 2. The van der Waals surface area contributed by atoms with E-state index in [9.17, 15) is 4.79 Å². The van der Waals surface area contributed by atoms with Crippen molar-refractivity contribution in [3.05, 3.63) is 61.6 Å². The van der Waals surface area contributed by atoms with Gasteiger partial charge in [-0.2, -0.15) is 5.10 Å². The summed E-state index contributed by atoms with van der Waals surface area (Å²) in [5.74, 6) is 1.01. The summed E-state index contributed by atoms with van der Waals surface area (Å²) in [6.45, 7) is 7.91. The third-order valence-corrected chi connectivity index (χ3v) is 8.20. The molecule has 0 atom stereocenters. The topological polar surface area (TPSA) is 100 Å². The highest BCUT2D eigenvalue weighted by Crippen LogP contribution is 2.40. The molecule has 2 aromatic carbocycles. The Labute approximate surface area is 240 Å². The predicted octanol–water partition coefficient (Wildman–Crippen LogP) is 4.97. The van der Waals surface area contributed by atoms with Crippen molar-refractivity contribution in [3.8, 4) is 17.0 Å². The minimum atomic E-state index is -0.260. The van der Waals surface area contributed by atoms with Crippen LogP contribution in [0, 0.1) is 0 Å². The third-order valence-electron chi connectivity index (χ3n) is 8.20. The van der Waals surface area contributed by atoms with Gasteiger partial charge in [0.25, 0.3) is 0 Å². The number of amides is 1. The number of fused-ring (bicyclic) bond motifs is 1. The Balaban J connectivity index is 1.28. The van der Waals surface area contributed by atoms with Gasteiger partial charge in [-0.15, -0.1) is 0 Å². The Morgan fingerprint density at radius 1 is 1.05 bits per heavy atom. The van der Waals surface area contributed by atoms with Crippen LogP contribution in [-0.4, -0.2) is 69.9 Å². The zero-order chi connectivity index (χ0) is 28.3. The molecule has 2 aliphatic rings. The summed E-state index contributed by atoms with van der Waals surface area (Å²) in [4.78, 5) is 26.4. The van der Waals surface area contributed by atoms with Crippen molar-refractivity contribution in [2.24, 2.45) is 7.05 Å². The Morgan fingerprint density at radius 3 is 2.61 bits per heavy atom. The number of aromatic nitrogens is 4. The number of likely N-dealkylation sites (tertiary alicyclic amines) is 1. The van der Waals surface area contributed by atoms with Gasteiger partial charge in [0.2, 0.25) is 5.91 Å². The summed E-state index contributed by atoms with van der Waals surface area (Å²) >= 11 is 0. The van der Waals surface area contributed by atoms with Crippen molar-refractivity contribution in [3.63, 3.8) is 0 Å². The maximum absolute atomic E-state index is 12.4. The van der Waals surface area contributed by atoms with E-state index in [0.717, 1.165) is 53.8 Å². The van der Waals surface area contributed by atoms with Gasteiger partial charge in [0, 0.05) is 49.3 Å². The van der Waals surface area contributed by atoms with Gasteiger partial charge < -0.3 is 25.2 Å². The van der Waals surface area contributed by atoms with E-state index in [-0.39, 0.29) is 5.91 Å². The van der Waals surface area contributed by atoms with Gasteiger partial charge in [-0.05, 0) is 57.0 Å². The van der Waals surface area contributed by atoms with Crippen LogP contribution < -0.4 is 20.3 Å². The SMILES string of the molecule is C=CC(=O)Nc1cc(Nc2cc(-c3ccc4cnn(C)c4c3)ncn2)c(OC)cc1N1CCC(N2CCCC2)CC1. The van der Waals surface area contributed by atoms with E-state index in [0.29, 0.717) is 29.0 Å². The summed E-state index contributed by atoms with van der Waals surface area (Å²) in [5, 5.41) is 11.8. The van der Waals surface area contributed by atoms with Crippen molar-refractivity contribution < 1.29 is 9.53 Å². The van der Waals surface area contributed by atoms with Gasteiger partial charge in [-0.3, -0.25) is 9.48 Å². The molecule has 0 spiro atoms. The molecule has 10 heteroatoms. The number of hydrogen-bond donors (Lipinski definition) is 2. The number of carbonyl (C=O) groups excluding carboxylic acids is 1. The van der Waals surface area contributed by atoms with Crippen LogP contribution in [0.15, 0.2) is 61.6 Å². The normalized spacial score (nSPS) is 16.2. The Bertz CT molecular complexity index is 1570. The molecule has 0 radical (unpaired) electrons. The molecule has 0 bridgehead atoms. The quantitative estimate of drug-likeness (QED) is 0.296. The maximum Gasteiger partial charge on any atom is 0.247 e. The largest absolute Gasteiger partial charge is 0.494 e. The zero-order valence-electron chi connectivity index (χ0n) is 23.6. The predicted molar refractivity (Wildman–Crippen MR) is 163 cm³/mol. The first-order valence-corrected chi connectivity index (χ1v) is 14.2. The number of nitrogens with zero attached hydrogens (tertiary/aromatic N) is 6. The van der Waals surface area contributed by atoms with Crippen LogP contribution in [0.2, 0.25) is 0 Å². The first kappa shape index (κ1) is 26.8. The average Bonchev–Trinajstić information content (AvgIpc) is 3.68. The number of benzene rings is 2. The molecular weight excluding hydrogens is 516 g/mol. The molecule has 2 aliphatic heterocycles. The van der Waals surface area contributed by atoms with E-state index in [1.807, 2.05) is 48.3 Å². The molecule has 2 fully saturated rings. The second kappa shape index (κ2) is 11.6. The van der Waals surface area contributed by atoms with Gasteiger partial charge in [-0.25, -0.2) is 9.97 Å². The van der Waals surface area contributed by atoms with Crippen molar-refractivity contribution in [1.82, 2.24) is 24.6 Å². The molecule has 0 saturated carbocycles. The molecule has 4 heterocycles. The molecule has 1 amide bonds. The first-order valence-electron chi connectivity index (χ1n) is 14.2. The second-order valence-electron chi connectivity index (χ2n) is 10.7. The highest BCUT2D eigenvalue weighted by atomic mass is 16.5. The van der Waals surface area contributed by atoms with E-state index in [1.165, 1.54) is 38.3 Å². The van der Waals surface area contributed by atoms with Crippen LogP contribution in [-0.2, 0) is 11.8 Å². The fourth-order valence-corrected chi connectivity index (χ4v) is 5.98. The third kappa shape index (κ3) is 5.60. The molecule has 4 aromatic rings. The van der Waals surface area contributed by atoms with Crippen molar-refractivity contribution in [2.75, 3.05) is 48.8 Å². The molecule has 2 N–H and O–H groups in total. The summed E-state index contributed by atoms with van der Waals surface area (Å²) in [6.07, 6.45) is 9.49. The number of piperidine rings is 1. The number of rotatable bonds is 8. The fourth-order valence-electron chi connectivity index (χ4n) is 5.98. The molecule has 2 aromatic heterocycles. The number of anilines is 4. The Kier molecular flexibility index (Phi) is 7.56. The van der Waals surface area contributed by atoms with E-state index >= 15 is 0 Å². The van der Waals surface area contributed by atoms with Crippen molar-refractivity contribution in [2.45, 2.75) is 31.7 Å². The molecule has 10 nitrogen and oxygen atoms in total. The summed E-state index contributed by atoms with van der Waals surface area (Å²) in [7, 11) is 3.58. The number of aryl methyl sites for hydroxylation is 1. The number of ether oxygens (including phenoxy) is 1. The standard InChI is InChI=1S/C31H36N8O2/c1-4-31(40)36-25-16-26(29(41-3)18-28(25)39-13-9-23(10-14-39)38-11-5-6-12-38)35-30-17-24(32-20-33-30)21-7-8-22-19-34-37(2)27(22)15-21/h4,7-8,15-20,23H,1,5-6,9-14H2,2-3H3,(H,36,40)(H,32,33,35). The average molecular weight is 553 g/mol. The number of carbonyl (C=O) groups is 1. The van der Waals surface area contributed by atoms with Crippen LogP contribution in [0.3, 0.4) is 0 Å². The smallest absolute Gasteiger partial charge is 0.247 e. The lowest BCUT2D eigenvalue weighted by atomic mass is 10.0. The highest BCUT2D eigenvalue weighted by Gasteiger charge is 2.28. The highest BCUT2D eigenvalue weighted by molar-refractivity contribution is 6.02. The van der Waals surface area contributed by atoms with Crippen LogP contribution in [0.25, 0.3) is 22.2 Å². The Morgan fingerprint density at radius 2 is 1.85 bits per heavy atom. The molecular formula is C31H36N8O2. The minimum Gasteiger partial charge on any atom is -0.494 e. The van der Waals surface area contributed by atoms with Crippen LogP contribution in [0.4, 0.5) is 22.9 Å². The Hall–Kier alpha value is -4.44. The first-order chi connectivity index (χ1) is 20.0. The van der Waals surface area contributed by atoms with E-state index in [1.54, 1.807) is 7.11 Å².